The summed E-state index contributed by atoms with van der Waals surface area (Å²) in [6.45, 7) is 3.56. The van der Waals surface area contributed by atoms with Crippen molar-refractivity contribution in [1.82, 2.24) is 0 Å². The van der Waals surface area contributed by atoms with Gasteiger partial charge in [-0.25, -0.2) is 4.79 Å². The van der Waals surface area contributed by atoms with E-state index in [9.17, 15) is 19.8 Å². The second-order valence-corrected chi connectivity index (χ2v) is 9.82. The highest BCUT2D eigenvalue weighted by Crippen LogP contribution is 2.33. The van der Waals surface area contributed by atoms with Crippen LogP contribution in [0.3, 0.4) is 0 Å². The first-order valence-electron chi connectivity index (χ1n) is 12.8. The summed E-state index contributed by atoms with van der Waals surface area (Å²) >= 11 is 0. The van der Waals surface area contributed by atoms with Gasteiger partial charge in [-0.15, -0.1) is 0 Å². The van der Waals surface area contributed by atoms with Crippen LogP contribution in [0.25, 0.3) is 0 Å². The molecule has 0 aliphatic carbocycles. The van der Waals surface area contributed by atoms with E-state index in [4.69, 9.17) is 9.84 Å². The molecule has 0 saturated heterocycles. The standard InChI is InChI=1S/C30H38F2O6/c1-21(13-15-23-10-6-4-7-11-23)14-16-26(34)30(31,32)27-20-25(33)17-22(2)9-5-3-8-12-24(18-28(35)36)19-29(37)38-27/h3-4,6-11,13,19,25-27,33-34H,5,12,14-18,20H2,1-2H3,(H,35,36)/b8-3+,21-13+,22-9+,24-19+/t25-,26+,27-/m1/s1. The third kappa shape index (κ3) is 11.1. The lowest BCUT2D eigenvalue weighted by Gasteiger charge is -2.31. The van der Waals surface area contributed by atoms with Crippen molar-refractivity contribution in [2.75, 3.05) is 0 Å². The molecule has 1 aromatic carbocycles. The molecule has 0 radical (unpaired) electrons. The van der Waals surface area contributed by atoms with Gasteiger partial charge in [0, 0.05) is 12.5 Å². The number of rotatable bonds is 9. The zero-order chi connectivity index (χ0) is 28.1. The molecule has 1 aliphatic heterocycles. The van der Waals surface area contributed by atoms with E-state index in [1.165, 1.54) is 0 Å². The number of hydrogen-bond acceptors (Lipinski definition) is 5. The topological polar surface area (TPSA) is 104 Å². The first-order chi connectivity index (χ1) is 18.0. The lowest BCUT2D eigenvalue weighted by molar-refractivity contribution is -0.203. The van der Waals surface area contributed by atoms with Gasteiger partial charge in [0.2, 0.25) is 0 Å². The number of carbonyl (C=O) groups is 2. The van der Waals surface area contributed by atoms with Gasteiger partial charge in [-0.2, -0.15) is 8.78 Å². The monoisotopic (exact) mass is 532 g/mol. The summed E-state index contributed by atoms with van der Waals surface area (Å²) < 4.78 is 35.9. The van der Waals surface area contributed by atoms with Crippen LogP contribution in [-0.2, 0) is 20.7 Å². The van der Waals surface area contributed by atoms with Crippen molar-refractivity contribution < 1.29 is 38.4 Å². The van der Waals surface area contributed by atoms with E-state index in [0.29, 0.717) is 12.8 Å². The number of aliphatic hydroxyl groups is 2. The van der Waals surface area contributed by atoms with Gasteiger partial charge in [0.1, 0.15) is 6.10 Å². The van der Waals surface area contributed by atoms with Crippen LogP contribution >= 0.6 is 0 Å². The lowest BCUT2D eigenvalue weighted by atomic mass is 9.94. The smallest absolute Gasteiger partial charge is 0.331 e. The minimum Gasteiger partial charge on any atom is -0.481 e. The Bertz CT molecular complexity index is 1040. The average molecular weight is 533 g/mol. The molecule has 208 valence electrons. The van der Waals surface area contributed by atoms with Crippen molar-refractivity contribution in [3.63, 3.8) is 0 Å². The van der Waals surface area contributed by atoms with E-state index < -0.39 is 49.0 Å². The number of aliphatic hydroxyl groups excluding tert-OH is 2. The fourth-order valence-corrected chi connectivity index (χ4v) is 4.17. The van der Waals surface area contributed by atoms with Crippen molar-refractivity contribution in [2.45, 2.75) is 89.4 Å². The van der Waals surface area contributed by atoms with Gasteiger partial charge < -0.3 is 20.1 Å². The Morgan fingerprint density at radius 2 is 1.95 bits per heavy atom. The number of ether oxygens (including phenoxy) is 1. The summed E-state index contributed by atoms with van der Waals surface area (Å²) in [5.41, 5.74) is 2.88. The van der Waals surface area contributed by atoms with Crippen molar-refractivity contribution in [2.24, 2.45) is 0 Å². The van der Waals surface area contributed by atoms with Crippen LogP contribution in [0.15, 0.2) is 77.4 Å². The average Bonchev–Trinajstić information content (AvgIpc) is 2.84. The van der Waals surface area contributed by atoms with Gasteiger partial charge in [-0.05, 0) is 63.5 Å². The second kappa shape index (κ2) is 15.3. The second-order valence-electron chi connectivity index (χ2n) is 9.82. The van der Waals surface area contributed by atoms with Gasteiger partial charge >= 0.3 is 17.9 Å². The Balaban J connectivity index is 2.19. The number of benzene rings is 1. The normalized spacial score (nSPS) is 24.7. The zero-order valence-corrected chi connectivity index (χ0v) is 22.0. The quantitative estimate of drug-likeness (QED) is 0.278. The molecule has 0 amide bonds. The molecule has 6 nitrogen and oxygen atoms in total. The largest absolute Gasteiger partial charge is 0.481 e. The van der Waals surface area contributed by atoms with Crippen LogP contribution in [0.5, 0.6) is 0 Å². The highest BCUT2D eigenvalue weighted by atomic mass is 19.3. The number of hydrogen-bond donors (Lipinski definition) is 3. The Hall–Kier alpha value is -3.10. The maximum absolute atomic E-state index is 15.4. The number of allylic oxidation sites excluding steroid dienone is 5. The molecule has 8 heteroatoms. The number of halogens is 2. The number of carboxylic acid groups (broad SMARTS) is 1. The van der Waals surface area contributed by atoms with Gasteiger partial charge in [0.25, 0.3) is 0 Å². The third-order valence-electron chi connectivity index (χ3n) is 6.37. The highest BCUT2D eigenvalue weighted by Gasteiger charge is 2.49. The molecular formula is C30H38F2O6. The summed E-state index contributed by atoms with van der Waals surface area (Å²) in [5, 5.41) is 30.1. The summed E-state index contributed by atoms with van der Waals surface area (Å²) in [6, 6.07) is 9.66. The number of esters is 1. The molecule has 0 bridgehead atoms. The molecule has 3 atom stereocenters. The fraction of sp³-hybridized carbons (Fsp3) is 0.467. The van der Waals surface area contributed by atoms with Crippen LogP contribution in [0, 0.1) is 0 Å². The minimum atomic E-state index is -3.84. The van der Waals surface area contributed by atoms with Crippen molar-refractivity contribution in [3.8, 4) is 0 Å². The fourth-order valence-electron chi connectivity index (χ4n) is 4.17. The number of carboxylic acids is 1. The molecule has 2 rings (SSSR count). The van der Waals surface area contributed by atoms with E-state index in [2.05, 4.69) is 0 Å². The number of aliphatic carboxylic acids is 1. The van der Waals surface area contributed by atoms with Crippen molar-refractivity contribution >= 4 is 11.9 Å². The molecule has 38 heavy (non-hydrogen) atoms. The number of cyclic esters (lactones) is 1. The van der Waals surface area contributed by atoms with Gasteiger partial charge in [-0.1, -0.05) is 65.8 Å². The summed E-state index contributed by atoms with van der Waals surface area (Å²) in [6.07, 6.45) is 3.03. The van der Waals surface area contributed by atoms with Crippen LogP contribution in [-0.4, -0.2) is 51.5 Å². The molecule has 0 unspecified atom stereocenters. The molecular weight excluding hydrogens is 494 g/mol. The van der Waals surface area contributed by atoms with E-state index >= 15 is 8.78 Å². The molecule has 0 aromatic heterocycles. The molecule has 1 aliphatic rings. The summed E-state index contributed by atoms with van der Waals surface area (Å²) in [4.78, 5) is 23.7. The molecule has 1 aromatic rings. The van der Waals surface area contributed by atoms with E-state index in [0.717, 1.165) is 22.8 Å². The minimum absolute atomic E-state index is 0.107. The first-order valence-corrected chi connectivity index (χ1v) is 12.8. The van der Waals surface area contributed by atoms with E-state index in [-0.39, 0.29) is 31.3 Å². The molecule has 0 saturated carbocycles. The predicted molar refractivity (Wildman–Crippen MR) is 142 cm³/mol. The van der Waals surface area contributed by atoms with Crippen LogP contribution in [0.2, 0.25) is 0 Å². The van der Waals surface area contributed by atoms with Gasteiger partial charge in [-0.3, -0.25) is 4.79 Å². The Morgan fingerprint density at radius 1 is 1.24 bits per heavy atom. The van der Waals surface area contributed by atoms with Crippen LogP contribution in [0.4, 0.5) is 8.78 Å². The Morgan fingerprint density at radius 3 is 2.63 bits per heavy atom. The highest BCUT2D eigenvalue weighted by molar-refractivity contribution is 5.84. The zero-order valence-electron chi connectivity index (χ0n) is 22.0. The van der Waals surface area contributed by atoms with Crippen molar-refractivity contribution in [3.05, 3.63) is 83.0 Å². The number of alkyl halides is 2. The first kappa shape index (κ1) is 31.1. The molecule has 3 N–H and O–H groups in total. The van der Waals surface area contributed by atoms with Gasteiger partial charge in [0.05, 0.1) is 12.5 Å². The lowest BCUT2D eigenvalue weighted by Crippen LogP contribution is -2.48. The molecule has 0 fully saturated rings. The van der Waals surface area contributed by atoms with E-state index in [1.807, 2.05) is 42.5 Å². The Kier molecular flexibility index (Phi) is 12.6. The maximum Gasteiger partial charge on any atom is 0.331 e. The number of carbonyl (C=O) groups excluding carboxylic acids is 1. The maximum atomic E-state index is 15.4. The Labute approximate surface area is 223 Å². The third-order valence-corrected chi connectivity index (χ3v) is 6.37. The van der Waals surface area contributed by atoms with Gasteiger partial charge in [0.15, 0.2) is 6.10 Å². The summed E-state index contributed by atoms with van der Waals surface area (Å²) in [7, 11) is 0. The summed E-state index contributed by atoms with van der Waals surface area (Å²) in [5.74, 6) is -6.15. The molecule has 0 spiro atoms. The molecule has 1 heterocycles. The van der Waals surface area contributed by atoms with Crippen LogP contribution < -0.4 is 0 Å². The predicted octanol–water partition coefficient (Wildman–Crippen LogP) is 5.70. The van der Waals surface area contributed by atoms with E-state index in [1.54, 1.807) is 26.0 Å². The van der Waals surface area contributed by atoms with Crippen molar-refractivity contribution in [1.29, 1.82) is 0 Å². The SMILES string of the molecule is C/C(=C\Cc1ccccc1)CC[C@H](O)C(F)(F)[C@H]1C[C@H](O)C/C(C)=C/C/C=C/C/C(CC(=O)O)=C\C(=O)O1. The van der Waals surface area contributed by atoms with Crippen LogP contribution in [0.1, 0.15) is 64.4 Å².